The van der Waals surface area contributed by atoms with Crippen molar-refractivity contribution in [3.05, 3.63) is 82.7 Å². The Morgan fingerprint density at radius 2 is 1.74 bits per heavy atom. The van der Waals surface area contributed by atoms with E-state index in [0.717, 1.165) is 9.58 Å². The highest BCUT2D eigenvalue weighted by Gasteiger charge is 2.42. The second-order valence-electron chi connectivity index (χ2n) is 8.99. The normalized spacial score (nSPS) is 16.1. The number of carbonyl (C=O) groups excluding carboxylic acids is 2. The van der Waals surface area contributed by atoms with Crippen LogP contribution in [0.25, 0.3) is 0 Å². The predicted molar refractivity (Wildman–Crippen MR) is 123 cm³/mol. The van der Waals surface area contributed by atoms with E-state index in [1.165, 1.54) is 0 Å². The minimum absolute atomic E-state index is 0.0918. The molecular formula is C25H23F6N5O3. The number of amides is 1. The SMILES string of the molecule is N[C@@H](CC(=O)N1CCn2nc(C(F)(F)F)nc2C1CC(=O)OCc1ccccc1)Cc1cc(F)c(F)cc1F. The smallest absolute Gasteiger partial charge is 0.453 e. The lowest BCUT2D eigenvalue weighted by Crippen LogP contribution is -2.45. The number of hydrogen-bond acceptors (Lipinski definition) is 6. The molecule has 0 fully saturated rings. The van der Waals surface area contributed by atoms with Gasteiger partial charge < -0.3 is 15.4 Å². The fourth-order valence-electron chi connectivity index (χ4n) is 4.25. The molecule has 1 aliphatic rings. The van der Waals surface area contributed by atoms with Crippen LogP contribution in [0.1, 0.15) is 41.7 Å². The summed E-state index contributed by atoms with van der Waals surface area (Å²) in [6.45, 7) is -0.340. The van der Waals surface area contributed by atoms with Gasteiger partial charge in [-0.15, -0.1) is 5.10 Å². The van der Waals surface area contributed by atoms with Crippen molar-refractivity contribution in [2.45, 2.75) is 50.7 Å². The number of esters is 1. The number of nitrogens with zero attached hydrogens (tertiary/aromatic N) is 4. The summed E-state index contributed by atoms with van der Waals surface area (Å²) in [5, 5.41) is 3.47. The van der Waals surface area contributed by atoms with E-state index in [1.54, 1.807) is 30.3 Å². The summed E-state index contributed by atoms with van der Waals surface area (Å²) >= 11 is 0. The van der Waals surface area contributed by atoms with Crippen LogP contribution in [0.5, 0.6) is 0 Å². The molecule has 1 amide bonds. The van der Waals surface area contributed by atoms with Gasteiger partial charge in [0.05, 0.1) is 13.0 Å². The van der Waals surface area contributed by atoms with Crippen LogP contribution < -0.4 is 5.73 Å². The molecule has 1 unspecified atom stereocenters. The Morgan fingerprint density at radius 1 is 1.05 bits per heavy atom. The average Bonchev–Trinajstić information content (AvgIpc) is 3.32. The van der Waals surface area contributed by atoms with Crippen molar-refractivity contribution in [3.8, 4) is 0 Å². The van der Waals surface area contributed by atoms with Gasteiger partial charge in [0.25, 0.3) is 5.82 Å². The largest absolute Gasteiger partial charge is 0.461 e. The van der Waals surface area contributed by atoms with Gasteiger partial charge in [-0.05, 0) is 23.6 Å². The molecule has 1 aromatic heterocycles. The minimum atomic E-state index is -4.85. The molecule has 4 rings (SSSR count). The summed E-state index contributed by atoms with van der Waals surface area (Å²) in [6.07, 6.45) is -6.11. The van der Waals surface area contributed by atoms with Crippen LogP contribution in [0.15, 0.2) is 42.5 Å². The molecule has 2 N–H and O–H groups in total. The first-order valence-electron chi connectivity index (χ1n) is 11.8. The zero-order valence-corrected chi connectivity index (χ0v) is 20.3. The molecule has 2 atom stereocenters. The van der Waals surface area contributed by atoms with E-state index in [0.29, 0.717) is 17.7 Å². The first kappa shape index (κ1) is 28.1. The molecule has 0 bridgehead atoms. The Bertz CT molecular complexity index is 1350. The number of fused-ring (bicyclic) bond motifs is 1. The second-order valence-corrected chi connectivity index (χ2v) is 8.99. The fourth-order valence-corrected chi connectivity index (χ4v) is 4.25. The van der Waals surface area contributed by atoms with Gasteiger partial charge >= 0.3 is 12.1 Å². The quantitative estimate of drug-likeness (QED) is 0.259. The van der Waals surface area contributed by atoms with E-state index in [-0.39, 0.29) is 37.5 Å². The third kappa shape index (κ3) is 6.74. The zero-order valence-electron chi connectivity index (χ0n) is 20.3. The van der Waals surface area contributed by atoms with Crippen LogP contribution in [-0.2, 0) is 40.1 Å². The summed E-state index contributed by atoms with van der Waals surface area (Å²) in [5.74, 6) is -6.82. The number of ether oxygens (including phenoxy) is 1. The van der Waals surface area contributed by atoms with Gasteiger partial charge in [0.2, 0.25) is 5.91 Å². The summed E-state index contributed by atoms with van der Waals surface area (Å²) in [7, 11) is 0. The minimum Gasteiger partial charge on any atom is -0.461 e. The standard InChI is InChI=1S/C25H23F6N5O3/c26-17-11-19(28)18(27)9-15(17)8-16(32)10-21(37)35-6-7-36-23(33-24(34-36)25(29,30)31)20(35)12-22(38)39-13-14-4-2-1-3-5-14/h1-5,9,11,16,20H,6-8,10,12-13,32H2/t16-,20?/m1/s1. The third-order valence-electron chi connectivity index (χ3n) is 6.11. The second kappa shape index (κ2) is 11.4. The maximum Gasteiger partial charge on any atom is 0.453 e. The molecule has 0 radical (unpaired) electrons. The predicted octanol–water partition coefficient (Wildman–Crippen LogP) is 3.69. The molecule has 8 nitrogen and oxygen atoms in total. The topological polar surface area (TPSA) is 103 Å². The van der Waals surface area contributed by atoms with Gasteiger partial charge in [0, 0.05) is 25.1 Å². The van der Waals surface area contributed by atoms with E-state index >= 15 is 0 Å². The Labute approximate surface area is 218 Å². The summed E-state index contributed by atoms with van der Waals surface area (Å²) < 4.78 is 86.9. The molecular weight excluding hydrogens is 532 g/mol. The van der Waals surface area contributed by atoms with Gasteiger partial charge in [-0.25, -0.2) is 22.8 Å². The first-order chi connectivity index (χ1) is 18.4. The van der Waals surface area contributed by atoms with Crippen LogP contribution in [0, 0.1) is 17.5 Å². The highest BCUT2D eigenvalue weighted by Crippen LogP contribution is 2.33. The number of aromatic nitrogens is 3. The number of alkyl halides is 3. The molecule has 39 heavy (non-hydrogen) atoms. The van der Waals surface area contributed by atoms with Crippen LogP contribution in [0.2, 0.25) is 0 Å². The number of benzene rings is 2. The Morgan fingerprint density at radius 3 is 2.44 bits per heavy atom. The Hall–Kier alpha value is -3.94. The third-order valence-corrected chi connectivity index (χ3v) is 6.11. The molecule has 0 saturated carbocycles. The first-order valence-corrected chi connectivity index (χ1v) is 11.8. The lowest BCUT2D eigenvalue weighted by Gasteiger charge is -2.35. The van der Waals surface area contributed by atoms with Crippen molar-refractivity contribution in [2.24, 2.45) is 5.73 Å². The van der Waals surface area contributed by atoms with Crippen molar-refractivity contribution in [1.29, 1.82) is 0 Å². The average molecular weight is 555 g/mol. The molecule has 1 aliphatic heterocycles. The maximum atomic E-state index is 14.0. The number of rotatable bonds is 8. The van der Waals surface area contributed by atoms with Crippen LogP contribution in [0.4, 0.5) is 26.3 Å². The summed E-state index contributed by atoms with van der Waals surface area (Å²) in [4.78, 5) is 30.5. The lowest BCUT2D eigenvalue weighted by molar-refractivity contribution is -0.148. The van der Waals surface area contributed by atoms with Crippen LogP contribution in [-0.4, -0.2) is 44.1 Å². The highest BCUT2D eigenvalue weighted by molar-refractivity contribution is 5.79. The highest BCUT2D eigenvalue weighted by atomic mass is 19.4. The number of halogens is 6. The van der Waals surface area contributed by atoms with Gasteiger partial charge in [-0.2, -0.15) is 13.2 Å². The molecule has 0 spiro atoms. The molecule has 208 valence electrons. The molecule has 0 aliphatic carbocycles. The zero-order chi connectivity index (χ0) is 28.3. The number of nitrogens with two attached hydrogens (primary N) is 1. The Kier molecular flexibility index (Phi) is 8.23. The lowest BCUT2D eigenvalue weighted by atomic mass is 10.0. The van der Waals surface area contributed by atoms with Crippen LogP contribution >= 0.6 is 0 Å². The number of carbonyl (C=O) groups is 2. The fraction of sp³-hybridized carbons (Fsp3) is 0.360. The molecule has 0 saturated heterocycles. The molecule has 2 heterocycles. The Balaban J connectivity index is 1.51. The van der Waals surface area contributed by atoms with E-state index in [1.807, 2.05) is 0 Å². The molecule has 3 aromatic rings. The van der Waals surface area contributed by atoms with Gasteiger partial charge in [0.1, 0.15) is 18.5 Å². The van der Waals surface area contributed by atoms with Crippen LogP contribution in [0.3, 0.4) is 0 Å². The molecule has 2 aromatic carbocycles. The van der Waals surface area contributed by atoms with E-state index < -0.39 is 66.3 Å². The van der Waals surface area contributed by atoms with Crippen molar-refractivity contribution in [2.75, 3.05) is 6.54 Å². The van der Waals surface area contributed by atoms with E-state index in [9.17, 15) is 35.9 Å². The van der Waals surface area contributed by atoms with Crippen molar-refractivity contribution < 1.29 is 40.7 Å². The van der Waals surface area contributed by atoms with Gasteiger partial charge in [-0.3, -0.25) is 9.59 Å². The molecule has 14 heteroatoms. The number of hydrogen-bond donors (Lipinski definition) is 1. The van der Waals surface area contributed by atoms with Crippen molar-refractivity contribution in [3.63, 3.8) is 0 Å². The monoisotopic (exact) mass is 555 g/mol. The van der Waals surface area contributed by atoms with E-state index in [2.05, 4.69) is 10.1 Å². The van der Waals surface area contributed by atoms with Gasteiger partial charge in [-0.1, -0.05) is 30.3 Å². The summed E-state index contributed by atoms with van der Waals surface area (Å²) in [6, 6.07) is 7.39. The van der Waals surface area contributed by atoms with Crippen molar-refractivity contribution in [1.82, 2.24) is 19.7 Å². The summed E-state index contributed by atoms with van der Waals surface area (Å²) in [5.41, 5.74) is 6.42. The van der Waals surface area contributed by atoms with Gasteiger partial charge in [0.15, 0.2) is 17.5 Å². The van der Waals surface area contributed by atoms with E-state index in [4.69, 9.17) is 10.5 Å². The maximum absolute atomic E-state index is 14.0. The van der Waals surface area contributed by atoms with Crippen molar-refractivity contribution >= 4 is 11.9 Å².